The van der Waals surface area contributed by atoms with Crippen molar-refractivity contribution in [2.24, 2.45) is 0 Å². The topological polar surface area (TPSA) is 21.3 Å². The number of benzene rings is 1. The minimum absolute atomic E-state index is 0.00569. The molecule has 1 N–H and O–H groups in total. The summed E-state index contributed by atoms with van der Waals surface area (Å²) in [7, 11) is 1.72. The number of hydrogen-bond acceptors (Lipinski definition) is 2. The number of nitrogens with one attached hydrogen (secondary N) is 1. The van der Waals surface area contributed by atoms with E-state index >= 15 is 0 Å². The second kappa shape index (κ2) is 6.30. The van der Waals surface area contributed by atoms with Crippen molar-refractivity contribution in [2.45, 2.75) is 51.8 Å². The first-order valence-electron chi connectivity index (χ1n) is 6.41. The van der Waals surface area contributed by atoms with Crippen molar-refractivity contribution in [3.8, 4) is 0 Å². The molecule has 0 spiro atoms. The van der Waals surface area contributed by atoms with Crippen molar-refractivity contribution in [2.75, 3.05) is 7.11 Å². The number of methoxy groups -OCH3 is 1. The lowest BCUT2D eigenvalue weighted by Gasteiger charge is -2.29. The minimum Gasteiger partial charge on any atom is -0.379 e. The molecule has 0 aromatic heterocycles. The quantitative estimate of drug-likeness (QED) is 0.835. The van der Waals surface area contributed by atoms with E-state index in [-0.39, 0.29) is 23.5 Å². The first kappa shape index (κ1) is 15.1. The molecule has 1 rings (SSSR count). The first-order valence-corrected chi connectivity index (χ1v) is 6.41. The Morgan fingerprint density at radius 1 is 1.28 bits per heavy atom. The monoisotopic (exact) mass is 253 g/mol. The summed E-state index contributed by atoms with van der Waals surface area (Å²) in [5.41, 5.74) is 0.543. The van der Waals surface area contributed by atoms with Crippen LogP contribution in [-0.4, -0.2) is 18.8 Å². The summed E-state index contributed by atoms with van der Waals surface area (Å²) in [6.07, 6.45) is 0.877. The highest BCUT2D eigenvalue weighted by atomic mass is 19.1. The number of ether oxygens (including phenoxy) is 1. The maximum atomic E-state index is 13.6. The summed E-state index contributed by atoms with van der Waals surface area (Å²) in [6, 6.07) is 7.14. The van der Waals surface area contributed by atoms with Crippen LogP contribution in [0, 0.1) is 5.82 Å². The molecule has 0 aliphatic carbocycles. The van der Waals surface area contributed by atoms with E-state index < -0.39 is 0 Å². The van der Waals surface area contributed by atoms with Crippen molar-refractivity contribution in [3.05, 3.63) is 35.6 Å². The predicted molar refractivity (Wildman–Crippen MR) is 73.1 cm³/mol. The lowest BCUT2D eigenvalue weighted by molar-refractivity contribution is 0.00780. The van der Waals surface area contributed by atoms with E-state index in [0.29, 0.717) is 5.56 Å². The van der Waals surface area contributed by atoms with E-state index in [1.54, 1.807) is 13.2 Å². The molecule has 0 saturated carbocycles. The third-order valence-corrected chi connectivity index (χ3v) is 3.26. The van der Waals surface area contributed by atoms with E-state index in [2.05, 4.69) is 26.1 Å². The van der Waals surface area contributed by atoms with Crippen molar-refractivity contribution < 1.29 is 9.13 Å². The van der Waals surface area contributed by atoms with Crippen LogP contribution in [0.25, 0.3) is 0 Å². The molecule has 1 unspecified atom stereocenters. The summed E-state index contributed by atoms with van der Waals surface area (Å²) in [5.74, 6) is -0.157. The molecule has 3 heteroatoms. The Hall–Kier alpha value is -0.930. The van der Waals surface area contributed by atoms with Gasteiger partial charge < -0.3 is 10.1 Å². The van der Waals surface area contributed by atoms with E-state index in [1.807, 2.05) is 19.1 Å². The largest absolute Gasteiger partial charge is 0.379 e. The molecule has 2 atom stereocenters. The van der Waals surface area contributed by atoms with Gasteiger partial charge in [-0.15, -0.1) is 0 Å². The van der Waals surface area contributed by atoms with Gasteiger partial charge in [0.2, 0.25) is 0 Å². The Labute approximate surface area is 110 Å². The summed E-state index contributed by atoms with van der Waals surface area (Å²) in [5, 5.41) is 3.41. The molecule has 0 bridgehead atoms. The van der Waals surface area contributed by atoms with Gasteiger partial charge in [0.1, 0.15) is 5.82 Å². The average Bonchev–Trinajstić information content (AvgIpc) is 2.28. The smallest absolute Gasteiger partial charge is 0.127 e. The fraction of sp³-hybridized carbons (Fsp3) is 0.600. The van der Waals surface area contributed by atoms with E-state index in [1.165, 1.54) is 6.07 Å². The zero-order valence-electron chi connectivity index (χ0n) is 12.0. The Morgan fingerprint density at radius 2 is 1.89 bits per heavy atom. The molecule has 0 heterocycles. The summed E-state index contributed by atoms with van der Waals surface area (Å²) < 4.78 is 19.0. The maximum absolute atomic E-state index is 13.6. The van der Waals surface area contributed by atoms with E-state index in [4.69, 9.17) is 4.74 Å². The van der Waals surface area contributed by atoms with E-state index in [0.717, 1.165) is 6.42 Å². The van der Waals surface area contributed by atoms with Crippen LogP contribution in [0.15, 0.2) is 24.3 Å². The van der Waals surface area contributed by atoms with Crippen molar-refractivity contribution in [3.63, 3.8) is 0 Å². The van der Waals surface area contributed by atoms with Crippen LogP contribution < -0.4 is 5.32 Å². The molecular formula is C15H24FNO. The zero-order valence-corrected chi connectivity index (χ0v) is 12.0. The van der Waals surface area contributed by atoms with Gasteiger partial charge in [0.05, 0.1) is 5.60 Å². The standard InChI is InChI=1S/C15H24FNO/c1-11(10-15(3,4)18-5)17-12(2)13-8-6-7-9-14(13)16/h6-9,11-12,17H,10H2,1-5H3/t11?,12-/m1/s1. The van der Waals surface area contributed by atoms with Gasteiger partial charge in [-0.25, -0.2) is 4.39 Å². The van der Waals surface area contributed by atoms with Gasteiger partial charge in [-0.2, -0.15) is 0 Å². The third kappa shape index (κ3) is 4.39. The Kier molecular flexibility index (Phi) is 5.29. The van der Waals surface area contributed by atoms with Gasteiger partial charge in [-0.1, -0.05) is 18.2 Å². The molecule has 0 fully saturated rings. The lowest BCUT2D eigenvalue weighted by atomic mass is 9.98. The second-order valence-corrected chi connectivity index (χ2v) is 5.48. The summed E-state index contributed by atoms with van der Waals surface area (Å²) in [6.45, 7) is 8.19. The van der Waals surface area contributed by atoms with Crippen LogP contribution in [0.1, 0.15) is 45.7 Å². The minimum atomic E-state index is -0.165. The Bertz CT molecular complexity index is 379. The second-order valence-electron chi connectivity index (χ2n) is 5.48. The molecule has 1 aromatic rings. The average molecular weight is 253 g/mol. The Balaban J connectivity index is 2.60. The van der Waals surface area contributed by atoms with Crippen LogP contribution in [0.5, 0.6) is 0 Å². The van der Waals surface area contributed by atoms with Gasteiger partial charge in [-0.05, 0) is 40.2 Å². The molecule has 0 saturated heterocycles. The fourth-order valence-corrected chi connectivity index (χ4v) is 2.22. The molecule has 1 aromatic carbocycles. The van der Waals surface area contributed by atoms with Crippen LogP contribution >= 0.6 is 0 Å². The van der Waals surface area contributed by atoms with Crippen LogP contribution in [0.4, 0.5) is 4.39 Å². The highest BCUT2D eigenvalue weighted by Gasteiger charge is 2.21. The molecule has 102 valence electrons. The summed E-state index contributed by atoms with van der Waals surface area (Å²) in [4.78, 5) is 0. The molecule has 0 aliphatic heterocycles. The molecule has 0 aliphatic rings. The predicted octanol–water partition coefficient (Wildman–Crippen LogP) is 3.68. The normalized spacial score (nSPS) is 15.4. The molecule has 0 amide bonds. The zero-order chi connectivity index (χ0) is 13.8. The molecule has 18 heavy (non-hydrogen) atoms. The van der Waals surface area contributed by atoms with E-state index in [9.17, 15) is 4.39 Å². The molecular weight excluding hydrogens is 229 g/mol. The number of hydrogen-bond donors (Lipinski definition) is 1. The van der Waals surface area contributed by atoms with Gasteiger partial charge in [-0.3, -0.25) is 0 Å². The highest BCUT2D eigenvalue weighted by Crippen LogP contribution is 2.20. The van der Waals surface area contributed by atoms with Crippen molar-refractivity contribution >= 4 is 0 Å². The summed E-state index contributed by atoms with van der Waals surface area (Å²) >= 11 is 0. The van der Waals surface area contributed by atoms with Crippen LogP contribution in [-0.2, 0) is 4.74 Å². The molecule has 2 nitrogen and oxygen atoms in total. The van der Waals surface area contributed by atoms with Crippen molar-refractivity contribution in [1.29, 1.82) is 0 Å². The molecule has 0 radical (unpaired) electrons. The number of rotatable bonds is 6. The third-order valence-electron chi connectivity index (χ3n) is 3.26. The Morgan fingerprint density at radius 3 is 2.44 bits per heavy atom. The fourth-order valence-electron chi connectivity index (χ4n) is 2.22. The van der Waals surface area contributed by atoms with Gasteiger partial charge in [0, 0.05) is 24.8 Å². The van der Waals surface area contributed by atoms with Gasteiger partial charge in [0.15, 0.2) is 0 Å². The SMILES string of the molecule is COC(C)(C)CC(C)N[C@H](C)c1ccccc1F. The van der Waals surface area contributed by atoms with Crippen LogP contribution in [0.3, 0.4) is 0 Å². The van der Waals surface area contributed by atoms with Gasteiger partial charge in [0.25, 0.3) is 0 Å². The highest BCUT2D eigenvalue weighted by molar-refractivity contribution is 5.20. The van der Waals surface area contributed by atoms with Gasteiger partial charge >= 0.3 is 0 Å². The maximum Gasteiger partial charge on any atom is 0.127 e. The van der Waals surface area contributed by atoms with Crippen molar-refractivity contribution in [1.82, 2.24) is 5.32 Å². The number of halogens is 1. The first-order chi connectivity index (χ1) is 8.35. The van der Waals surface area contributed by atoms with Crippen LogP contribution in [0.2, 0.25) is 0 Å². The lowest BCUT2D eigenvalue weighted by Crippen LogP contribution is -2.37.